The van der Waals surface area contributed by atoms with Crippen molar-refractivity contribution in [3.63, 3.8) is 0 Å². The van der Waals surface area contributed by atoms with E-state index in [9.17, 15) is 28.2 Å². The SMILES string of the molecule is O=C(O)CN(C1(C(=O)O)CC1c1ccccc1Oc1ccccc1)S(=O)(=O)c1ccc(-c2ccc(Cl)cc2)cc1. The molecule has 0 radical (unpaired) electrons. The van der Waals surface area contributed by atoms with Gasteiger partial charge in [0, 0.05) is 16.5 Å². The molecule has 0 aliphatic heterocycles. The largest absolute Gasteiger partial charge is 0.480 e. The lowest BCUT2D eigenvalue weighted by Gasteiger charge is -2.28. The first-order valence-electron chi connectivity index (χ1n) is 12.3. The minimum absolute atomic E-state index is 0.118. The van der Waals surface area contributed by atoms with Crippen LogP contribution in [0.15, 0.2) is 108 Å². The van der Waals surface area contributed by atoms with Crippen LogP contribution in [0.1, 0.15) is 17.9 Å². The number of rotatable bonds is 10. The fraction of sp³-hybridized carbons (Fsp3) is 0.133. The molecule has 4 aromatic carbocycles. The topological polar surface area (TPSA) is 121 Å². The van der Waals surface area contributed by atoms with Gasteiger partial charge in [0.1, 0.15) is 23.6 Å². The second-order valence-electron chi connectivity index (χ2n) is 9.38. The molecule has 8 nitrogen and oxygen atoms in total. The minimum Gasteiger partial charge on any atom is -0.480 e. The van der Waals surface area contributed by atoms with Crippen LogP contribution in [0, 0.1) is 0 Å². The average molecular weight is 578 g/mol. The first-order chi connectivity index (χ1) is 19.1. The monoisotopic (exact) mass is 577 g/mol. The first kappa shape index (κ1) is 27.4. The number of hydrogen-bond donors (Lipinski definition) is 2. The summed E-state index contributed by atoms with van der Waals surface area (Å²) in [6, 6.07) is 28.5. The Bertz CT molecular complexity index is 1660. The third-order valence-electron chi connectivity index (χ3n) is 6.91. The molecule has 1 fully saturated rings. The smallest absolute Gasteiger partial charge is 0.325 e. The summed E-state index contributed by atoms with van der Waals surface area (Å²) in [5, 5.41) is 20.6. The Hall–Kier alpha value is -4.18. The van der Waals surface area contributed by atoms with Gasteiger partial charge in [0.25, 0.3) is 0 Å². The van der Waals surface area contributed by atoms with E-state index in [-0.39, 0.29) is 11.3 Å². The molecule has 1 aliphatic rings. The van der Waals surface area contributed by atoms with Gasteiger partial charge in [0.05, 0.1) is 4.90 Å². The molecule has 0 aromatic heterocycles. The van der Waals surface area contributed by atoms with Crippen LogP contribution in [-0.2, 0) is 19.6 Å². The van der Waals surface area contributed by atoms with Crippen LogP contribution in [0.5, 0.6) is 11.5 Å². The Kier molecular flexibility index (Phi) is 7.37. The van der Waals surface area contributed by atoms with Crippen molar-refractivity contribution in [2.75, 3.05) is 6.54 Å². The average Bonchev–Trinajstić information content (AvgIpc) is 3.69. The van der Waals surface area contributed by atoms with Crippen molar-refractivity contribution in [1.82, 2.24) is 4.31 Å². The summed E-state index contributed by atoms with van der Waals surface area (Å²) in [5.41, 5.74) is -0.0283. The fourth-order valence-electron chi connectivity index (χ4n) is 4.87. The Morgan fingerprint density at radius 3 is 2.02 bits per heavy atom. The van der Waals surface area contributed by atoms with Gasteiger partial charge >= 0.3 is 11.9 Å². The Labute approximate surface area is 236 Å². The van der Waals surface area contributed by atoms with Gasteiger partial charge in [-0.2, -0.15) is 4.31 Å². The maximum absolute atomic E-state index is 13.9. The van der Waals surface area contributed by atoms with Crippen molar-refractivity contribution in [3.8, 4) is 22.6 Å². The van der Waals surface area contributed by atoms with Gasteiger partial charge < -0.3 is 14.9 Å². The van der Waals surface area contributed by atoms with E-state index in [1.807, 2.05) is 6.07 Å². The molecule has 0 heterocycles. The number of hydrogen-bond acceptors (Lipinski definition) is 5. The lowest BCUT2D eigenvalue weighted by Crippen LogP contribution is -2.50. The zero-order valence-electron chi connectivity index (χ0n) is 21.0. The maximum atomic E-state index is 13.9. The van der Waals surface area contributed by atoms with Crippen LogP contribution >= 0.6 is 11.6 Å². The predicted molar refractivity (Wildman–Crippen MR) is 149 cm³/mol. The first-order valence-corrected chi connectivity index (χ1v) is 14.1. The number of benzene rings is 4. The molecule has 0 amide bonds. The summed E-state index contributed by atoms with van der Waals surface area (Å²) in [6.45, 7) is -1.02. The molecular formula is C30H24ClNO7S. The number of halogens is 1. The molecule has 10 heteroatoms. The van der Waals surface area contributed by atoms with Gasteiger partial charge in [-0.25, -0.2) is 8.42 Å². The van der Waals surface area contributed by atoms with Crippen molar-refractivity contribution in [3.05, 3.63) is 114 Å². The normalized spacial score (nSPS) is 18.3. The molecule has 204 valence electrons. The molecule has 1 saturated carbocycles. The molecule has 0 bridgehead atoms. The van der Waals surface area contributed by atoms with Crippen LogP contribution in [0.3, 0.4) is 0 Å². The highest BCUT2D eigenvalue weighted by atomic mass is 35.5. The molecule has 2 unspecified atom stereocenters. The molecular weight excluding hydrogens is 554 g/mol. The van der Waals surface area contributed by atoms with E-state index in [1.165, 1.54) is 12.1 Å². The lowest BCUT2D eigenvalue weighted by atomic mass is 10.0. The zero-order chi connectivity index (χ0) is 28.5. The minimum atomic E-state index is -4.54. The second-order valence-corrected chi connectivity index (χ2v) is 11.7. The third kappa shape index (κ3) is 5.19. The quantitative estimate of drug-likeness (QED) is 0.241. The number of sulfonamides is 1. The number of para-hydroxylation sites is 2. The van der Waals surface area contributed by atoms with Crippen molar-refractivity contribution < 1.29 is 33.0 Å². The number of carboxylic acid groups (broad SMARTS) is 2. The molecule has 40 heavy (non-hydrogen) atoms. The van der Waals surface area contributed by atoms with Crippen molar-refractivity contribution in [2.24, 2.45) is 0 Å². The van der Waals surface area contributed by atoms with Crippen LogP contribution in [-0.4, -0.2) is 47.0 Å². The van der Waals surface area contributed by atoms with Gasteiger partial charge in [-0.05, 0) is 60.0 Å². The van der Waals surface area contributed by atoms with E-state index < -0.39 is 40.0 Å². The summed E-state index contributed by atoms with van der Waals surface area (Å²) in [7, 11) is -4.54. The molecule has 2 N–H and O–H groups in total. The Morgan fingerprint density at radius 2 is 1.43 bits per heavy atom. The van der Waals surface area contributed by atoms with E-state index in [4.69, 9.17) is 16.3 Å². The van der Waals surface area contributed by atoms with Crippen molar-refractivity contribution >= 4 is 33.6 Å². The van der Waals surface area contributed by atoms with Crippen LogP contribution in [0.25, 0.3) is 11.1 Å². The molecule has 4 aromatic rings. The third-order valence-corrected chi connectivity index (χ3v) is 9.07. The Balaban J connectivity index is 1.52. The van der Waals surface area contributed by atoms with Gasteiger partial charge in [-0.3, -0.25) is 9.59 Å². The van der Waals surface area contributed by atoms with Crippen molar-refractivity contribution in [2.45, 2.75) is 22.8 Å². The van der Waals surface area contributed by atoms with E-state index in [0.717, 1.165) is 5.56 Å². The number of carboxylic acids is 2. The summed E-state index contributed by atoms with van der Waals surface area (Å²) < 4.78 is 34.3. The van der Waals surface area contributed by atoms with Gasteiger partial charge in [0.2, 0.25) is 10.0 Å². The van der Waals surface area contributed by atoms with Gasteiger partial charge in [-0.1, -0.05) is 72.3 Å². The molecule has 0 spiro atoms. The Morgan fingerprint density at radius 1 is 0.850 bits per heavy atom. The fourth-order valence-corrected chi connectivity index (χ4v) is 6.72. The summed E-state index contributed by atoms with van der Waals surface area (Å²) >= 11 is 5.95. The van der Waals surface area contributed by atoms with E-state index in [0.29, 0.717) is 32.0 Å². The number of aliphatic carboxylic acids is 2. The highest BCUT2D eigenvalue weighted by Crippen LogP contribution is 2.59. The van der Waals surface area contributed by atoms with Gasteiger partial charge in [0.15, 0.2) is 0 Å². The van der Waals surface area contributed by atoms with Crippen LogP contribution < -0.4 is 4.74 Å². The van der Waals surface area contributed by atoms with Crippen LogP contribution in [0.2, 0.25) is 5.02 Å². The summed E-state index contributed by atoms with van der Waals surface area (Å²) in [5.74, 6) is -2.86. The summed E-state index contributed by atoms with van der Waals surface area (Å²) in [4.78, 5) is 24.4. The molecule has 2 atom stereocenters. The zero-order valence-corrected chi connectivity index (χ0v) is 22.5. The number of nitrogens with zero attached hydrogens (tertiary/aromatic N) is 1. The molecule has 5 rings (SSSR count). The standard InChI is InChI=1S/C30H24ClNO7S/c31-22-14-10-20(11-15-22)21-12-16-24(17-13-21)40(37,38)32(19-28(33)34)30(29(35)36)18-26(30)25-8-4-5-9-27(25)39-23-6-2-1-3-7-23/h1-17,26H,18-19H2,(H,33,34)(H,35,36). The van der Waals surface area contributed by atoms with E-state index in [1.54, 1.807) is 84.9 Å². The lowest BCUT2D eigenvalue weighted by molar-refractivity contribution is -0.145. The highest BCUT2D eigenvalue weighted by Gasteiger charge is 2.69. The second kappa shape index (κ2) is 10.8. The summed E-state index contributed by atoms with van der Waals surface area (Å²) in [6.07, 6.45) is -0.118. The molecule has 0 saturated heterocycles. The number of carbonyl (C=O) groups is 2. The van der Waals surface area contributed by atoms with Crippen molar-refractivity contribution in [1.29, 1.82) is 0 Å². The highest BCUT2D eigenvalue weighted by molar-refractivity contribution is 7.89. The van der Waals surface area contributed by atoms with E-state index >= 15 is 0 Å². The molecule has 1 aliphatic carbocycles. The van der Waals surface area contributed by atoms with Gasteiger partial charge in [-0.15, -0.1) is 0 Å². The predicted octanol–water partition coefficient (Wildman–Crippen LogP) is 5.89. The van der Waals surface area contributed by atoms with Crippen LogP contribution in [0.4, 0.5) is 0 Å². The van der Waals surface area contributed by atoms with E-state index in [2.05, 4.69) is 0 Å². The maximum Gasteiger partial charge on any atom is 0.325 e. The number of ether oxygens (including phenoxy) is 1.